The van der Waals surface area contributed by atoms with Crippen molar-refractivity contribution in [2.75, 3.05) is 44.0 Å². The first-order chi connectivity index (χ1) is 16.4. The SMILES string of the molecule is COC1(CNc2nc(-c3cc(NC(=O)C4CCC(C)NC4)ncc3Cl)ccc2F)CCOCC1. The maximum absolute atomic E-state index is 14.6. The highest BCUT2D eigenvalue weighted by molar-refractivity contribution is 6.33. The third-order valence-electron chi connectivity index (χ3n) is 6.68. The number of nitrogens with one attached hydrogen (secondary N) is 3. The number of carbonyl (C=O) groups is 1. The number of carbonyl (C=O) groups excluding carboxylic acids is 1. The zero-order chi connectivity index (χ0) is 24.1. The van der Waals surface area contributed by atoms with Crippen LogP contribution in [-0.4, -0.2) is 60.9 Å². The largest absolute Gasteiger partial charge is 0.381 e. The molecule has 4 rings (SSSR count). The van der Waals surface area contributed by atoms with Gasteiger partial charge in [-0.05, 0) is 38.0 Å². The molecule has 2 saturated heterocycles. The number of piperidine rings is 1. The molecular formula is C24H31ClFN5O3. The molecule has 2 aliphatic heterocycles. The van der Waals surface area contributed by atoms with E-state index in [0.717, 1.165) is 12.8 Å². The van der Waals surface area contributed by atoms with Gasteiger partial charge in [0.2, 0.25) is 5.91 Å². The Labute approximate surface area is 204 Å². The van der Waals surface area contributed by atoms with Gasteiger partial charge in [0.1, 0.15) is 5.82 Å². The maximum Gasteiger partial charge on any atom is 0.229 e. The van der Waals surface area contributed by atoms with Crippen LogP contribution in [0.15, 0.2) is 24.4 Å². The van der Waals surface area contributed by atoms with Crippen LogP contribution in [0.5, 0.6) is 0 Å². The minimum atomic E-state index is -0.472. The van der Waals surface area contributed by atoms with E-state index in [9.17, 15) is 9.18 Å². The molecule has 0 saturated carbocycles. The van der Waals surface area contributed by atoms with E-state index in [1.165, 1.54) is 12.3 Å². The zero-order valence-electron chi connectivity index (χ0n) is 19.5. The van der Waals surface area contributed by atoms with Crippen LogP contribution in [0.4, 0.5) is 16.0 Å². The number of nitrogens with zero attached hydrogens (tertiary/aromatic N) is 2. The molecule has 2 atom stereocenters. The first-order valence-corrected chi connectivity index (χ1v) is 12.0. The molecular weight excluding hydrogens is 461 g/mol. The lowest BCUT2D eigenvalue weighted by Crippen LogP contribution is -2.44. The van der Waals surface area contributed by atoms with Gasteiger partial charge in [-0.25, -0.2) is 14.4 Å². The average Bonchev–Trinajstić information content (AvgIpc) is 2.86. The van der Waals surface area contributed by atoms with Gasteiger partial charge in [-0.15, -0.1) is 0 Å². The summed E-state index contributed by atoms with van der Waals surface area (Å²) in [5.74, 6) is -0.184. The van der Waals surface area contributed by atoms with Crippen LogP contribution < -0.4 is 16.0 Å². The van der Waals surface area contributed by atoms with Crippen molar-refractivity contribution in [2.45, 2.75) is 44.2 Å². The molecule has 2 aromatic heterocycles. The topological polar surface area (TPSA) is 97.4 Å². The monoisotopic (exact) mass is 491 g/mol. The third-order valence-corrected chi connectivity index (χ3v) is 6.98. The zero-order valence-corrected chi connectivity index (χ0v) is 20.3. The highest BCUT2D eigenvalue weighted by Crippen LogP contribution is 2.31. The first kappa shape index (κ1) is 24.8. The molecule has 3 N–H and O–H groups in total. The summed E-state index contributed by atoms with van der Waals surface area (Å²) in [6.45, 7) is 4.35. The van der Waals surface area contributed by atoms with Crippen LogP contribution >= 0.6 is 11.6 Å². The van der Waals surface area contributed by atoms with E-state index in [1.807, 2.05) is 0 Å². The highest BCUT2D eigenvalue weighted by atomic mass is 35.5. The molecule has 4 heterocycles. The number of anilines is 2. The molecule has 0 bridgehead atoms. The lowest BCUT2D eigenvalue weighted by molar-refractivity contribution is -0.120. The van der Waals surface area contributed by atoms with Crippen LogP contribution in [0.3, 0.4) is 0 Å². The number of halogens is 2. The van der Waals surface area contributed by atoms with Crippen LogP contribution in [0.2, 0.25) is 5.02 Å². The first-order valence-electron chi connectivity index (χ1n) is 11.6. The lowest BCUT2D eigenvalue weighted by atomic mass is 9.94. The molecule has 10 heteroatoms. The second-order valence-corrected chi connectivity index (χ2v) is 9.41. The third kappa shape index (κ3) is 5.83. The van der Waals surface area contributed by atoms with Crippen molar-refractivity contribution in [2.24, 2.45) is 5.92 Å². The van der Waals surface area contributed by atoms with E-state index in [2.05, 4.69) is 32.8 Å². The second-order valence-electron chi connectivity index (χ2n) is 9.00. The number of ether oxygens (including phenoxy) is 2. The summed E-state index contributed by atoms with van der Waals surface area (Å²) < 4.78 is 25.7. The van der Waals surface area contributed by atoms with Crippen molar-refractivity contribution >= 4 is 29.1 Å². The van der Waals surface area contributed by atoms with Gasteiger partial charge in [-0.3, -0.25) is 4.79 Å². The minimum Gasteiger partial charge on any atom is -0.381 e. The van der Waals surface area contributed by atoms with Gasteiger partial charge in [-0.1, -0.05) is 11.6 Å². The number of rotatable bonds is 7. The Kier molecular flexibility index (Phi) is 7.98. The molecule has 184 valence electrons. The molecule has 0 radical (unpaired) electrons. The summed E-state index contributed by atoms with van der Waals surface area (Å²) >= 11 is 6.39. The van der Waals surface area contributed by atoms with Crippen molar-refractivity contribution in [1.29, 1.82) is 0 Å². The van der Waals surface area contributed by atoms with E-state index < -0.39 is 11.4 Å². The molecule has 0 spiro atoms. The molecule has 1 amide bonds. The van der Waals surface area contributed by atoms with E-state index in [4.69, 9.17) is 21.1 Å². The highest BCUT2D eigenvalue weighted by Gasteiger charge is 2.32. The van der Waals surface area contributed by atoms with Gasteiger partial charge in [0.15, 0.2) is 11.6 Å². The molecule has 34 heavy (non-hydrogen) atoms. The van der Waals surface area contributed by atoms with Gasteiger partial charge in [0, 0.05) is 64.1 Å². The van der Waals surface area contributed by atoms with E-state index in [-0.39, 0.29) is 17.6 Å². The van der Waals surface area contributed by atoms with Crippen molar-refractivity contribution in [3.63, 3.8) is 0 Å². The van der Waals surface area contributed by atoms with Crippen LogP contribution in [0.25, 0.3) is 11.3 Å². The Balaban J connectivity index is 1.49. The summed E-state index contributed by atoms with van der Waals surface area (Å²) in [5, 5.41) is 9.66. The van der Waals surface area contributed by atoms with Gasteiger partial charge >= 0.3 is 0 Å². The standard InChI is InChI=1S/C24H31ClFN5O3/c1-15-3-4-16(12-27-15)23(32)31-21-11-17(18(25)13-28-21)20-6-5-19(26)22(30-20)29-14-24(33-2)7-9-34-10-8-24/h5-6,11,13,15-16,27H,3-4,7-10,12,14H2,1-2H3,(H,29,30)(H,28,31,32). The predicted molar refractivity (Wildman–Crippen MR) is 130 cm³/mol. The number of hydrogen-bond acceptors (Lipinski definition) is 7. The summed E-state index contributed by atoms with van der Waals surface area (Å²) in [6, 6.07) is 4.98. The minimum absolute atomic E-state index is 0.0871. The van der Waals surface area contributed by atoms with Crippen molar-refractivity contribution in [3.8, 4) is 11.3 Å². The average molecular weight is 492 g/mol. The molecule has 0 aliphatic carbocycles. The fraction of sp³-hybridized carbons (Fsp3) is 0.542. The number of hydrogen-bond donors (Lipinski definition) is 3. The van der Waals surface area contributed by atoms with Crippen molar-refractivity contribution < 1.29 is 18.7 Å². The fourth-order valence-corrected chi connectivity index (χ4v) is 4.51. The molecule has 2 aromatic rings. The number of methoxy groups -OCH3 is 1. The van der Waals surface area contributed by atoms with Gasteiger partial charge < -0.3 is 25.4 Å². The predicted octanol–water partition coefficient (Wildman–Crippen LogP) is 3.87. The van der Waals surface area contributed by atoms with Crippen molar-refractivity contribution in [1.82, 2.24) is 15.3 Å². The van der Waals surface area contributed by atoms with E-state index >= 15 is 0 Å². The summed E-state index contributed by atoms with van der Waals surface area (Å²) in [7, 11) is 1.66. The summed E-state index contributed by atoms with van der Waals surface area (Å²) in [6.07, 6.45) is 4.67. The quantitative estimate of drug-likeness (QED) is 0.541. The van der Waals surface area contributed by atoms with Gasteiger partial charge in [0.25, 0.3) is 0 Å². The Morgan fingerprint density at radius 2 is 2.15 bits per heavy atom. The van der Waals surface area contributed by atoms with Crippen molar-refractivity contribution in [3.05, 3.63) is 35.2 Å². The van der Waals surface area contributed by atoms with Crippen LogP contribution in [0, 0.1) is 11.7 Å². The van der Waals surface area contributed by atoms with Gasteiger partial charge in [0.05, 0.1) is 22.2 Å². The van der Waals surface area contributed by atoms with Crippen LogP contribution in [0.1, 0.15) is 32.6 Å². The van der Waals surface area contributed by atoms with E-state index in [0.29, 0.717) is 67.3 Å². The van der Waals surface area contributed by atoms with Gasteiger partial charge in [-0.2, -0.15) is 0 Å². The second kappa shape index (κ2) is 10.9. The number of pyridine rings is 2. The number of aromatic nitrogens is 2. The molecule has 2 aliphatic rings. The smallest absolute Gasteiger partial charge is 0.229 e. The van der Waals surface area contributed by atoms with E-state index in [1.54, 1.807) is 19.2 Å². The summed E-state index contributed by atoms with van der Waals surface area (Å²) in [4.78, 5) is 21.4. The molecule has 0 aromatic carbocycles. The number of amides is 1. The molecule has 2 unspecified atom stereocenters. The maximum atomic E-state index is 14.6. The summed E-state index contributed by atoms with van der Waals surface area (Å²) in [5.41, 5.74) is 0.594. The van der Waals surface area contributed by atoms with Crippen LogP contribution in [-0.2, 0) is 14.3 Å². The molecule has 8 nitrogen and oxygen atoms in total. The Morgan fingerprint density at radius 1 is 1.35 bits per heavy atom. The fourth-order valence-electron chi connectivity index (χ4n) is 4.31. The Morgan fingerprint density at radius 3 is 2.85 bits per heavy atom. The lowest BCUT2D eigenvalue weighted by Gasteiger charge is -2.36. The molecule has 2 fully saturated rings. The normalized spacial score (nSPS) is 22.2. The Hall–Kier alpha value is -2.33. The Bertz CT molecular complexity index is 1010.